The molecule has 2 atom stereocenters. The van der Waals surface area contributed by atoms with Crippen LogP contribution in [-0.2, 0) is 4.79 Å². The van der Waals surface area contributed by atoms with Gasteiger partial charge in [0, 0.05) is 19.0 Å². The van der Waals surface area contributed by atoms with Crippen LogP contribution in [0.4, 0.5) is 4.39 Å². The minimum Gasteiger partial charge on any atom is -0.342 e. The smallest absolute Gasteiger partial charge is 0.230 e. The van der Waals surface area contributed by atoms with Crippen molar-refractivity contribution in [3.8, 4) is 0 Å². The normalized spacial score (nSPS) is 19.3. The van der Waals surface area contributed by atoms with Crippen molar-refractivity contribution in [3.05, 3.63) is 71.5 Å². The molecule has 0 bridgehead atoms. The van der Waals surface area contributed by atoms with Crippen LogP contribution in [0.25, 0.3) is 0 Å². The predicted molar refractivity (Wildman–Crippen MR) is 99.0 cm³/mol. The summed E-state index contributed by atoms with van der Waals surface area (Å²) in [6.07, 6.45) is 4.00. The van der Waals surface area contributed by atoms with Crippen molar-refractivity contribution in [3.63, 3.8) is 0 Å². The van der Waals surface area contributed by atoms with Crippen LogP contribution in [0.1, 0.15) is 55.6 Å². The van der Waals surface area contributed by atoms with Gasteiger partial charge in [0.15, 0.2) is 0 Å². The third-order valence-electron chi connectivity index (χ3n) is 5.23. The van der Waals surface area contributed by atoms with E-state index in [0.717, 1.165) is 49.9 Å². The molecule has 1 amide bonds. The van der Waals surface area contributed by atoms with Crippen LogP contribution in [0, 0.1) is 5.82 Å². The second-order valence-electron chi connectivity index (χ2n) is 6.90. The van der Waals surface area contributed by atoms with Gasteiger partial charge in [-0.3, -0.25) is 4.79 Å². The van der Waals surface area contributed by atoms with Crippen LogP contribution in [0.3, 0.4) is 0 Å². The Hall–Kier alpha value is -2.16. The molecule has 0 aromatic heterocycles. The Morgan fingerprint density at radius 1 is 1.12 bits per heavy atom. The molecule has 1 fully saturated rings. The minimum atomic E-state index is -0.208. The summed E-state index contributed by atoms with van der Waals surface area (Å²) in [5.74, 6) is 0.233. The van der Waals surface area contributed by atoms with Crippen molar-refractivity contribution >= 4 is 5.91 Å². The maximum atomic E-state index is 13.2. The average Bonchev–Trinajstić information content (AvgIpc) is 2.90. The first-order chi connectivity index (χ1) is 12.2. The molecular formula is C22H26FNO. The topological polar surface area (TPSA) is 20.3 Å². The number of carbonyl (C=O) groups excluding carboxylic acids is 1. The van der Waals surface area contributed by atoms with Crippen molar-refractivity contribution in [2.75, 3.05) is 13.1 Å². The van der Waals surface area contributed by atoms with Gasteiger partial charge >= 0.3 is 0 Å². The molecule has 0 N–H and O–H groups in total. The lowest BCUT2D eigenvalue weighted by Gasteiger charge is -2.28. The van der Waals surface area contributed by atoms with Crippen LogP contribution in [0.2, 0.25) is 0 Å². The van der Waals surface area contributed by atoms with Crippen LogP contribution in [-0.4, -0.2) is 23.9 Å². The fraction of sp³-hybridized carbons (Fsp3) is 0.409. The highest BCUT2D eigenvalue weighted by molar-refractivity contribution is 5.83. The van der Waals surface area contributed by atoms with Gasteiger partial charge in [-0.1, -0.05) is 55.8 Å². The Bertz CT molecular complexity index is 683. The number of nitrogens with zero attached hydrogens (tertiary/aromatic N) is 1. The summed E-state index contributed by atoms with van der Waals surface area (Å²) in [5.41, 5.74) is 2.23. The number of carbonyl (C=O) groups is 1. The number of rotatable bonds is 4. The number of benzene rings is 2. The van der Waals surface area contributed by atoms with E-state index in [4.69, 9.17) is 0 Å². The third-order valence-corrected chi connectivity index (χ3v) is 5.23. The second kappa shape index (κ2) is 8.28. The van der Waals surface area contributed by atoms with Gasteiger partial charge in [-0.05, 0) is 42.5 Å². The Balaban J connectivity index is 1.77. The molecule has 0 aliphatic carbocycles. The maximum Gasteiger partial charge on any atom is 0.230 e. The fourth-order valence-electron chi connectivity index (χ4n) is 3.81. The quantitative estimate of drug-likeness (QED) is 0.757. The van der Waals surface area contributed by atoms with Gasteiger partial charge in [0.25, 0.3) is 0 Å². The SMILES string of the molecule is CCC(C(=O)N1CCCCC(c2ccc(F)cc2)C1)c1ccccc1. The number of halogens is 1. The third kappa shape index (κ3) is 4.28. The number of amides is 1. The monoisotopic (exact) mass is 339 g/mol. The summed E-state index contributed by atoms with van der Waals surface area (Å²) < 4.78 is 13.2. The van der Waals surface area contributed by atoms with Crippen molar-refractivity contribution in [2.24, 2.45) is 0 Å². The van der Waals surface area contributed by atoms with E-state index in [2.05, 4.69) is 6.92 Å². The molecule has 1 heterocycles. The van der Waals surface area contributed by atoms with E-state index < -0.39 is 0 Å². The first kappa shape index (κ1) is 17.7. The fourth-order valence-corrected chi connectivity index (χ4v) is 3.81. The Labute approximate surface area is 149 Å². The molecule has 2 aromatic carbocycles. The summed E-state index contributed by atoms with van der Waals surface area (Å²) in [6, 6.07) is 16.8. The Morgan fingerprint density at radius 2 is 1.84 bits per heavy atom. The lowest BCUT2D eigenvalue weighted by Crippen LogP contribution is -2.37. The molecule has 132 valence electrons. The summed E-state index contributed by atoms with van der Waals surface area (Å²) in [4.78, 5) is 15.2. The van der Waals surface area contributed by atoms with Crippen molar-refractivity contribution in [2.45, 2.75) is 44.4 Å². The van der Waals surface area contributed by atoms with Gasteiger partial charge < -0.3 is 4.90 Å². The van der Waals surface area contributed by atoms with Gasteiger partial charge in [-0.2, -0.15) is 0 Å². The molecule has 2 aromatic rings. The molecule has 3 heteroatoms. The highest BCUT2D eigenvalue weighted by Gasteiger charge is 2.28. The zero-order chi connectivity index (χ0) is 17.6. The van der Waals surface area contributed by atoms with Crippen molar-refractivity contribution in [1.29, 1.82) is 0 Å². The second-order valence-corrected chi connectivity index (χ2v) is 6.90. The van der Waals surface area contributed by atoms with Crippen molar-refractivity contribution in [1.82, 2.24) is 4.90 Å². The van der Waals surface area contributed by atoms with E-state index in [0.29, 0.717) is 5.92 Å². The maximum absolute atomic E-state index is 13.2. The summed E-state index contributed by atoms with van der Waals surface area (Å²) in [7, 11) is 0. The van der Waals surface area contributed by atoms with E-state index in [9.17, 15) is 9.18 Å². The molecule has 2 nitrogen and oxygen atoms in total. The standard InChI is InChI=1S/C22H26FNO/c1-2-21(18-8-4-3-5-9-18)22(25)24-15-7-6-10-19(16-24)17-11-13-20(23)14-12-17/h3-5,8-9,11-14,19,21H,2,6-7,10,15-16H2,1H3. The number of hydrogen-bond donors (Lipinski definition) is 0. The van der Waals surface area contributed by atoms with Gasteiger partial charge in [0.05, 0.1) is 5.92 Å². The molecule has 2 unspecified atom stereocenters. The van der Waals surface area contributed by atoms with Gasteiger partial charge in [-0.15, -0.1) is 0 Å². The molecule has 1 aliphatic rings. The van der Waals surface area contributed by atoms with Crippen LogP contribution < -0.4 is 0 Å². The van der Waals surface area contributed by atoms with Crippen LogP contribution >= 0.6 is 0 Å². The zero-order valence-corrected chi connectivity index (χ0v) is 14.8. The Kier molecular flexibility index (Phi) is 5.85. The average molecular weight is 339 g/mol. The zero-order valence-electron chi connectivity index (χ0n) is 14.8. The molecule has 3 rings (SSSR count). The molecule has 1 saturated heterocycles. The lowest BCUT2D eigenvalue weighted by atomic mass is 9.92. The van der Waals surface area contributed by atoms with Crippen LogP contribution in [0.5, 0.6) is 0 Å². The van der Waals surface area contributed by atoms with E-state index in [1.54, 1.807) is 0 Å². The molecule has 0 radical (unpaired) electrons. The summed E-state index contributed by atoms with van der Waals surface area (Å²) >= 11 is 0. The van der Waals surface area contributed by atoms with E-state index >= 15 is 0 Å². The molecule has 0 saturated carbocycles. The molecular weight excluding hydrogens is 313 g/mol. The molecule has 0 spiro atoms. The van der Waals surface area contributed by atoms with E-state index in [1.165, 1.54) is 12.1 Å². The largest absolute Gasteiger partial charge is 0.342 e. The number of likely N-dealkylation sites (tertiary alicyclic amines) is 1. The van der Waals surface area contributed by atoms with Gasteiger partial charge in [0.1, 0.15) is 5.82 Å². The summed E-state index contributed by atoms with van der Waals surface area (Å²) in [6.45, 7) is 3.62. The van der Waals surface area contributed by atoms with Crippen LogP contribution in [0.15, 0.2) is 54.6 Å². The first-order valence-corrected chi connectivity index (χ1v) is 9.28. The Morgan fingerprint density at radius 3 is 2.52 bits per heavy atom. The van der Waals surface area contributed by atoms with Gasteiger partial charge in [-0.25, -0.2) is 4.39 Å². The van der Waals surface area contributed by atoms with Gasteiger partial charge in [0.2, 0.25) is 5.91 Å². The lowest BCUT2D eigenvalue weighted by molar-refractivity contribution is -0.133. The highest BCUT2D eigenvalue weighted by Crippen LogP contribution is 2.29. The predicted octanol–water partition coefficient (Wildman–Crippen LogP) is 5.12. The van der Waals surface area contributed by atoms with E-state index in [1.807, 2.05) is 47.4 Å². The van der Waals surface area contributed by atoms with Crippen molar-refractivity contribution < 1.29 is 9.18 Å². The molecule has 25 heavy (non-hydrogen) atoms. The highest BCUT2D eigenvalue weighted by atomic mass is 19.1. The minimum absolute atomic E-state index is 0.0758. The number of hydrogen-bond acceptors (Lipinski definition) is 1. The summed E-state index contributed by atoms with van der Waals surface area (Å²) in [5, 5.41) is 0. The molecule has 1 aliphatic heterocycles. The first-order valence-electron chi connectivity index (χ1n) is 9.28. The van der Waals surface area contributed by atoms with E-state index in [-0.39, 0.29) is 17.6 Å².